The third-order valence-corrected chi connectivity index (χ3v) is 3.74. The number of rotatable bonds is 7. The van der Waals surface area contributed by atoms with E-state index in [1.807, 2.05) is 30.3 Å². The molecule has 0 spiro atoms. The summed E-state index contributed by atoms with van der Waals surface area (Å²) in [5.74, 6) is 0.896. The molecule has 112 valence electrons. The lowest BCUT2D eigenvalue weighted by atomic mass is 10.0. The number of ether oxygens (including phenoxy) is 1. The third kappa shape index (κ3) is 4.33. The topological polar surface area (TPSA) is 35.2 Å². The molecule has 2 unspecified atom stereocenters. The largest absolute Gasteiger partial charge is 0.488 e. The molecule has 2 N–H and O–H groups in total. The Hall–Kier alpha value is -1.80. The minimum absolute atomic E-state index is 0.00979. The van der Waals surface area contributed by atoms with Crippen molar-refractivity contribution < 1.29 is 4.74 Å². The summed E-state index contributed by atoms with van der Waals surface area (Å²) in [6, 6.07) is 18.4. The van der Waals surface area contributed by atoms with Gasteiger partial charge in [0.25, 0.3) is 0 Å². The Kier molecular flexibility index (Phi) is 5.82. The lowest BCUT2D eigenvalue weighted by molar-refractivity contribution is 0.167. The zero-order valence-electron chi connectivity index (χ0n) is 13.0. The van der Waals surface area contributed by atoms with E-state index in [1.54, 1.807) is 0 Å². The van der Waals surface area contributed by atoms with Crippen LogP contribution in [0.5, 0.6) is 5.75 Å². The standard InChI is InChI=1S/C19H25NO/c1-3-8-15-11-13-17(14-12-15)21-18(4-2)19(20)16-9-6-5-7-10-16/h5-7,9-14,18-19H,3-4,8,20H2,1-2H3. The van der Waals surface area contributed by atoms with Crippen molar-refractivity contribution in [3.05, 3.63) is 65.7 Å². The van der Waals surface area contributed by atoms with Crippen molar-refractivity contribution in [3.8, 4) is 5.75 Å². The van der Waals surface area contributed by atoms with E-state index in [-0.39, 0.29) is 12.1 Å². The molecule has 0 saturated heterocycles. The molecule has 0 amide bonds. The van der Waals surface area contributed by atoms with Gasteiger partial charge < -0.3 is 10.5 Å². The van der Waals surface area contributed by atoms with Crippen molar-refractivity contribution in [2.45, 2.75) is 45.3 Å². The quantitative estimate of drug-likeness (QED) is 0.812. The number of aryl methyl sites for hydroxylation is 1. The highest BCUT2D eigenvalue weighted by Gasteiger charge is 2.19. The van der Waals surface area contributed by atoms with E-state index < -0.39 is 0 Å². The van der Waals surface area contributed by atoms with Gasteiger partial charge in [-0.25, -0.2) is 0 Å². The molecule has 2 aromatic rings. The maximum absolute atomic E-state index is 6.35. The normalized spacial score (nSPS) is 13.7. The number of hydrogen-bond donors (Lipinski definition) is 1. The molecule has 0 bridgehead atoms. The SMILES string of the molecule is CCCc1ccc(OC(CC)C(N)c2ccccc2)cc1. The minimum Gasteiger partial charge on any atom is -0.488 e. The van der Waals surface area contributed by atoms with Gasteiger partial charge in [-0.3, -0.25) is 0 Å². The zero-order chi connectivity index (χ0) is 15.1. The zero-order valence-corrected chi connectivity index (χ0v) is 13.0. The van der Waals surface area contributed by atoms with Gasteiger partial charge in [-0.1, -0.05) is 62.7 Å². The predicted molar refractivity (Wildman–Crippen MR) is 88.5 cm³/mol. The number of benzene rings is 2. The van der Waals surface area contributed by atoms with Crippen molar-refractivity contribution in [2.24, 2.45) is 5.73 Å². The first-order valence-electron chi connectivity index (χ1n) is 7.80. The Bertz CT molecular complexity index is 521. The Morgan fingerprint density at radius 3 is 2.19 bits per heavy atom. The fourth-order valence-corrected chi connectivity index (χ4v) is 2.50. The van der Waals surface area contributed by atoms with Gasteiger partial charge >= 0.3 is 0 Å². The first-order chi connectivity index (χ1) is 10.2. The fraction of sp³-hybridized carbons (Fsp3) is 0.368. The number of hydrogen-bond acceptors (Lipinski definition) is 2. The molecule has 0 aromatic heterocycles. The second-order valence-electron chi connectivity index (χ2n) is 5.39. The molecular weight excluding hydrogens is 258 g/mol. The summed E-state index contributed by atoms with van der Waals surface area (Å²) in [4.78, 5) is 0. The number of nitrogens with two attached hydrogens (primary N) is 1. The van der Waals surface area contributed by atoms with E-state index in [0.717, 1.165) is 30.6 Å². The van der Waals surface area contributed by atoms with Crippen LogP contribution >= 0.6 is 0 Å². The first-order valence-corrected chi connectivity index (χ1v) is 7.80. The summed E-state index contributed by atoms with van der Waals surface area (Å²) in [7, 11) is 0. The molecule has 0 radical (unpaired) electrons. The molecule has 0 aliphatic rings. The molecule has 2 heteroatoms. The van der Waals surface area contributed by atoms with Crippen LogP contribution < -0.4 is 10.5 Å². The summed E-state index contributed by atoms with van der Waals surface area (Å²) in [6.07, 6.45) is 3.15. The van der Waals surface area contributed by atoms with Gasteiger partial charge in [0.15, 0.2) is 0 Å². The van der Waals surface area contributed by atoms with Gasteiger partial charge in [0, 0.05) is 0 Å². The van der Waals surface area contributed by atoms with Gasteiger partial charge in [-0.15, -0.1) is 0 Å². The van der Waals surface area contributed by atoms with E-state index in [0.29, 0.717) is 0 Å². The second kappa shape index (κ2) is 7.84. The van der Waals surface area contributed by atoms with Crippen molar-refractivity contribution in [3.63, 3.8) is 0 Å². The van der Waals surface area contributed by atoms with Crippen molar-refractivity contribution in [2.75, 3.05) is 0 Å². The third-order valence-electron chi connectivity index (χ3n) is 3.74. The summed E-state index contributed by atoms with van der Waals surface area (Å²) in [5.41, 5.74) is 8.82. The Morgan fingerprint density at radius 2 is 1.62 bits per heavy atom. The average molecular weight is 283 g/mol. The van der Waals surface area contributed by atoms with E-state index >= 15 is 0 Å². The van der Waals surface area contributed by atoms with E-state index in [2.05, 4.69) is 38.1 Å². The van der Waals surface area contributed by atoms with E-state index in [1.165, 1.54) is 5.56 Å². The van der Waals surface area contributed by atoms with Crippen LogP contribution in [0.15, 0.2) is 54.6 Å². The van der Waals surface area contributed by atoms with Crippen LogP contribution in [-0.4, -0.2) is 6.10 Å². The van der Waals surface area contributed by atoms with E-state index in [4.69, 9.17) is 10.5 Å². The van der Waals surface area contributed by atoms with E-state index in [9.17, 15) is 0 Å². The lowest BCUT2D eigenvalue weighted by Gasteiger charge is -2.24. The molecule has 0 saturated carbocycles. The van der Waals surface area contributed by atoms with Crippen LogP contribution in [0.4, 0.5) is 0 Å². The Morgan fingerprint density at radius 1 is 0.952 bits per heavy atom. The Balaban J connectivity index is 2.04. The van der Waals surface area contributed by atoms with Gasteiger partial charge in [-0.05, 0) is 36.1 Å². The lowest BCUT2D eigenvalue weighted by Crippen LogP contribution is -2.30. The molecule has 0 fully saturated rings. The van der Waals surface area contributed by atoms with Crippen molar-refractivity contribution in [1.29, 1.82) is 0 Å². The molecular formula is C19H25NO. The highest BCUT2D eigenvalue weighted by Crippen LogP contribution is 2.23. The van der Waals surface area contributed by atoms with Crippen LogP contribution in [0.1, 0.15) is 43.9 Å². The van der Waals surface area contributed by atoms with Crippen LogP contribution in [0, 0.1) is 0 Å². The molecule has 2 rings (SSSR count). The predicted octanol–water partition coefficient (Wildman–Crippen LogP) is 4.50. The minimum atomic E-state index is -0.105. The maximum atomic E-state index is 6.35. The first kappa shape index (κ1) is 15.6. The smallest absolute Gasteiger partial charge is 0.119 e. The van der Waals surface area contributed by atoms with Crippen LogP contribution in [0.2, 0.25) is 0 Å². The molecule has 2 atom stereocenters. The summed E-state index contributed by atoms with van der Waals surface area (Å²) >= 11 is 0. The second-order valence-corrected chi connectivity index (χ2v) is 5.39. The van der Waals surface area contributed by atoms with Crippen LogP contribution in [-0.2, 0) is 6.42 Å². The molecule has 2 aromatic carbocycles. The van der Waals surface area contributed by atoms with Crippen molar-refractivity contribution in [1.82, 2.24) is 0 Å². The highest BCUT2D eigenvalue weighted by atomic mass is 16.5. The van der Waals surface area contributed by atoms with Gasteiger partial charge in [0.2, 0.25) is 0 Å². The maximum Gasteiger partial charge on any atom is 0.119 e. The Labute approximate surface area is 127 Å². The molecule has 21 heavy (non-hydrogen) atoms. The highest BCUT2D eigenvalue weighted by molar-refractivity contribution is 5.28. The van der Waals surface area contributed by atoms with Crippen molar-refractivity contribution >= 4 is 0 Å². The molecule has 2 nitrogen and oxygen atoms in total. The summed E-state index contributed by atoms with van der Waals surface area (Å²) < 4.78 is 6.09. The van der Waals surface area contributed by atoms with Crippen LogP contribution in [0.25, 0.3) is 0 Å². The summed E-state index contributed by atoms with van der Waals surface area (Å²) in [5, 5.41) is 0. The summed E-state index contributed by atoms with van der Waals surface area (Å²) in [6.45, 7) is 4.30. The van der Waals surface area contributed by atoms with Gasteiger partial charge in [0.05, 0.1) is 6.04 Å². The molecule has 0 aliphatic heterocycles. The van der Waals surface area contributed by atoms with Gasteiger partial charge in [0.1, 0.15) is 11.9 Å². The molecule has 0 aliphatic carbocycles. The fourth-order valence-electron chi connectivity index (χ4n) is 2.50. The van der Waals surface area contributed by atoms with Gasteiger partial charge in [-0.2, -0.15) is 0 Å². The average Bonchev–Trinajstić information content (AvgIpc) is 2.54. The monoisotopic (exact) mass is 283 g/mol. The van der Waals surface area contributed by atoms with Crippen LogP contribution in [0.3, 0.4) is 0 Å². The molecule has 0 heterocycles.